The number of rotatable bonds is 8. The molecule has 46 heavy (non-hydrogen) atoms. The first-order valence-corrected chi connectivity index (χ1v) is 15.4. The summed E-state index contributed by atoms with van der Waals surface area (Å²) in [5.74, 6) is 2.50. The molecule has 7 rings (SSSR count). The Morgan fingerprint density at radius 2 is 1.72 bits per heavy atom. The van der Waals surface area contributed by atoms with E-state index in [1.807, 2.05) is 103 Å². The van der Waals surface area contributed by atoms with Gasteiger partial charge in [-0.1, -0.05) is 59.9 Å². The van der Waals surface area contributed by atoms with Crippen LogP contribution in [0.3, 0.4) is 0 Å². The van der Waals surface area contributed by atoms with E-state index in [0.29, 0.717) is 50.1 Å². The number of ether oxygens (including phenoxy) is 4. The topological polar surface area (TPSA) is 100 Å². The van der Waals surface area contributed by atoms with E-state index in [1.54, 1.807) is 18.6 Å². The molecule has 0 saturated heterocycles. The summed E-state index contributed by atoms with van der Waals surface area (Å²) >= 11 is 1.29. The van der Waals surface area contributed by atoms with Gasteiger partial charge in [-0.15, -0.1) is 0 Å². The Balaban J connectivity index is 1.19. The lowest BCUT2D eigenvalue weighted by Gasteiger charge is -2.25. The molecule has 1 atom stereocenters. The lowest BCUT2D eigenvalue weighted by atomic mass is 9.95. The number of carbonyl (C=O) groups excluding carboxylic acids is 1. The first-order valence-electron chi connectivity index (χ1n) is 14.6. The fourth-order valence-electron chi connectivity index (χ4n) is 5.44. The number of nitrogens with one attached hydrogen (secondary N) is 1. The van der Waals surface area contributed by atoms with E-state index in [0.717, 1.165) is 22.4 Å². The number of nitrogens with zero attached hydrogens (tertiary/aromatic N) is 2. The number of anilines is 1. The summed E-state index contributed by atoms with van der Waals surface area (Å²) in [5, 5.41) is 2.97. The Kier molecular flexibility index (Phi) is 7.86. The molecule has 5 aromatic rings. The summed E-state index contributed by atoms with van der Waals surface area (Å²) in [5.41, 5.74) is 3.94. The number of methoxy groups -OCH3 is 1. The van der Waals surface area contributed by atoms with Crippen molar-refractivity contribution in [2.24, 2.45) is 4.99 Å². The van der Waals surface area contributed by atoms with E-state index >= 15 is 0 Å². The number of hydrogen-bond acceptors (Lipinski definition) is 8. The van der Waals surface area contributed by atoms with Gasteiger partial charge >= 0.3 is 0 Å². The summed E-state index contributed by atoms with van der Waals surface area (Å²) in [7, 11) is 1.60. The molecule has 3 heterocycles. The molecule has 1 amide bonds. The molecule has 2 aliphatic heterocycles. The molecule has 4 aromatic carbocycles. The minimum Gasteiger partial charge on any atom is -0.497 e. The van der Waals surface area contributed by atoms with Crippen LogP contribution in [0.1, 0.15) is 29.7 Å². The normalized spacial score (nSPS) is 15.3. The Morgan fingerprint density at radius 1 is 0.978 bits per heavy atom. The maximum absolute atomic E-state index is 14.0. The van der Waals surface area contributed by atoms with Crippen LogP contribution in [-0.4, -0.2) is 24.4 Å². The van der Waals surface area contributed by atoms with Gasteiger partial charge in [0.05, 0.1) is 29.0 Å². The molecule has 0 spiro atoms. The number of benzene rings is 4. The Labute approximate surface area is 268 Å². The molecule has 10 heteroatoms. The predicted octanol–water partition coefficient (Wildman–Crippen LogP) is 5.19. The third-order valence-corrected chi connectivity index (χ3v) is 8.73. The van der Waals surface area contributed by atoms with Crippen LogP contribution in [0.5, 0.6) is 23.0 Å². The van der Waals surface area contributed by atoms with Crippen LogP contribution < -0.4 is 39.2 Å². The molecule has 2 aliphatic rings. The molecule has 0 unspecified atom stereocenters. The van der Waals surface area contributed by atoms with Crippen LogP contribution in [0.25, 0.3) is 6.08 Å². The second-order valence-corrected chi connectivity index (χ2v) is 11.7. The van der Waals surface area contributed by atoms with E-state index in [2.05, 4.69) is 5.32 Å². The zero-order valence-electron chi connectivity index (χ0n) is 25.1. The van der Waals surface area contributed by atoms with Crippen molar-refractivity contribution in [1.29, 1.82) is 0 Å². The number of hydrogen-bond donors (Lipinski definition) is 1. The van der Waals surface area contributed by atoms with Crippen LogP contribution in [0.15, 0.2) is 118 Å². The molecule has 1 N–H and O–H groups in total. The molecule has 0 fully saturated rings. The Hall–Kier alpha value is -5.61. The van der Waals surface area contributed by atoms with E-state index in [4.69, 9.17) is 23.9 Å². The Morgan fingerprint density at radius 3 is 2.48 bits per heavy atom. The van der Waals surface area contributed by atoms with Gasteiger partial charge in [0.2, 0.25) is 6.79 Å². The molecule has 1 aromatic heterocycles. The second-order valence-electron chi connectivity index (χ2n) is 10.7. The molecule has 0 aliphatic carbocycles. The van der Waals surface area contributed by atoms with Gasteiger partial charge in [0.25, 0.3) is 11.5 Å². The third-order valence-electron chi connectivity index (χ3n) is 7.75. The average molecular weight is 632 g/mol. The molecule has 9 nitrogen and oxygen atoms in total. The summed E-state index contributed by atoms with van der Waals surface area (Å²) in [6.07, 6.45) is 1.83. The van der Waals surface area contributed by atoms with Gasteiger partial charge in [0.1, 0.15) is 18.1 Å². The lowest BCUT2D eigenvalue weighted by molar-refractivity contribution is -0.113. The van der Waals surface area contributed by atoms with Crippen molar-refractivity contribution in [3.8, 4) is 23.0 Å². The number of carbonyl (C=O) groups is 1. The monoisotopic (exact) mass is 631 g/mol. The highest BCUT2D eigenvalue weighted by atomic mass is 32.1. The van der Waals surface area contributed by atoms with Crippen molar-refractivity contribution in [3.05, 3.63) is 145 Å². The molecule has 0 radical (unpaired) electrons. The summed E-state index contributed by atoms with van der Waals surface area (Å²) in [6, 6.07) is 29.2. The van der Waals surface area contributed by atoms with E-state index in [9.17, 15) is 9.59 Å². The number of thiazole rings is 1. The average Bonchev–Trinajstić information content (AvgIpc) is 3.67. The maximum atomic E-state index is 14.0. The zero-order chi connectivity index (χ0) is 31.6. The SMILES string of the molecule is COc1ccc([C@@H]2C(C(=O)Nc3ccccc3)=C(C)N=c3s/c(=C/c4ccc(OCc5ccc6c(c5)OCO6)cc4)c(=O)n32)cc1. The number of para-hydroxylation sites is 1. The maximum Gasteiger partial charge on any atom is 0.271 e. The highest BCUT2D eigenvalue weighted by Gasteiger charge is 2.32. The molecule has 230 valence electrons. The van der Waals surface area contributed by atoms with Crippen LogP contribution in [0.4, 0.5) is 5.69 Å². The van der Waals surface area contributed by atoms with Crippen LogP contribution in [0, 0.1) is 0 Å². The van der Waals surface area contributed by atoms with Crippen molar-refractivity contribution in [2.45, 2.75) is 19.6 Å². The van der Waals surface area contributed by atoms with Gasteiger partial charge in [-0.25, -0.2) is 4.99 Å². The number of aromatic nitrogens is 1. The van der Waals surface area contributed by atoms with Gasteiger partial charge in [-0.05, 0) is 78.2 Å². The highest BCUT2D eigenvalue weighted by Crippen LogP contribution is 2.33. The zero-order valence-corrected chi connectivity index (χ0v) is 25.9. The predicted molar refractivity (Wildman–Crippen MR) is 175 cm³/mol. The first kappa shape index (κ1) is 29.1. The number of amides is 1. The minimum atomic E-state index is -0.681. The lowest BCUT2D eigenvalue weighted by Crippen LogP contribution is -2.40. The third kappa shape index (κ3) is 5.78. The first-order chi connectivity index (χ1) is 22.5. The minimum absolute atomic E-state index is 0.228. The van der Waals surface area contributed by atoms with Crippen LogP contribution in [0.2, 0.25) is 0 Å². The second kappa shape index (κ2) is 12.4. The highest BCUT2D eigenvalue weighted by molar-refractivity contribution is 7.07. The van der Waals surface area contributed by atoms with Crippen molar-refractivity contribution in [2.75, 3.05) is 19.2 Å². The molecular weight excluding hydrogens is 602 g/mol. The molecule has 0 bridgehead atoms. The fraction of sp³-hybridized carbons (Fsp3) is 0.139. The van der Waals surface area contributed by atoms with Gasteiger partial charge in [-0.2, -0.15) is 0 Å². The van der Waals surface area contributed by atoms with Crippen molar-refractivity contribution in [3.63, 3.8) is 0 Å². The molecule has 0 saturated carbocycles. The smallest absolute Gasteiger partial charge is 0.271 e. The van der Waals surface area contributed by atoms with Crippen LogP contribution in [-0.2, 0) is 11.4 Å². The molecular formula is C36H29N3O6S. The Bertz CT molecular complexity index is 2140. The number of allylic oxidation sites excluding steroid dienone is 1. The largest absolute Gasteiger partial charge is 0.497 e. The van der Waals surface area contributed by atoms with E-state index in [1.165, 1.54) is 11.3 Å². The summed E-state index contributed by atoms with van der Waals surface area (Å²) in [4.78, 5) is 33.0. The van der Waals surface area contributed by atoms with Gasteiger partial charge in [0, 0.05) is 5.69 Å². The van der Waals surface area contributed by atoms with Crippen molar-refractivity contribution >= 4 is 29.0 Å². The standard InChI is InChI=1S/C36H29N3O6S/c1-22-32(34(40)38-26-6-4-3-5-7-26)33(25-11-15-27(42-2)16-12-25)39-35(41)31(46-36(39)37-22)19-23-8-13-28(14-9-23)43-20-24-10-17-29-30(18-24)45-21-44-29/h3-19,33H,20-21H2,1-2H3,(H,38,40)/b31-19+/t33-/m1/s1. The number of fused-ring (bicyclic) bond motifs is 2. The van der Waals surface area contributed by atoms with Gasteiger partial charge < -0.3 is 24.3 Å². The van der Waals surface area contributed by atoms with Crippen molar-refractivity contribution < 1.29 is 23.7 Å². The van der Waals surface area contributed by atoms with Crippen LogP contribution >= 0.6 is 11.3 Å². The van der Waals surface area contributed by atoms with E-state index < -0.39 is 6.04 Å². The fourth-order valence-corrected chi connectivity index (χ4v) is 6.49. The summed E-state index contributed by atoms with van der Waals surface area (Å²) in [6.45, 7) is 2.40. The van der Waals surface area contributed by atoms with Crippen molar-refractivity contribution in [1.82, 2.24) is 4.57 Å². The van der Waals surface area contributed by atoms with Gasteiger partial charge in [0.15, 0.2) is 16.3 Å². The summed E-state index contributed by atoms with van der Waals surface area (Å²) < 4.78 is 24.3. The quantitative estimate of drug-likeness (QED) is 0.253. The van der Waals surface area contributed by atoms with E-state index in [-0.39, 0.29) is 18.3 Å². The van der Waals surface area contributed by atoms with Gasteiger partial charge in [-0.3, -0.25) is 14.2 Å².